The summed E-state index contributed by atoms with van der Waals surface area (Å²) in [4.78, 5) is 12.2. The minimum Gasteiger partial charge on any atom is -0.465 e. The lowest BCUT2D eigenvalue weighted by molar-refractivity contribution is 0.0601. The third-order valence-corrected chi connectivity index (χ3v) is 5.38. The van der Waals surface area contributed by atoms with Crippen molar-refractivity contribution in [2.24, 2.45) is 5.92 Å². The molecule has 1 aromatic heterocycles. The number of benzene rings is 1. The number of carbonyl (C=O) groups is 1. The van der Waals surface area contributed by atoms with E-state index in [2.05, 4.69) is 17.6 Å². The number of fused-ring (bicyclic) bond motifs is 1. The number of carbonyl (C=O) groups excluding carboxylic acids is 1. The van der Waals surface area contributed by atoms with Crippen molar-refractivity contribution in [1.82, 2.24) is 4.57 Å². The van der Waals surface area contributed by atoms with E-state index in [1.54, 1.807) is 0 Å². The number of nitrogens with zero attached hydrogens (tertiary/aromatic N) is 1. The molecule has 0 amide bonds. The summed E-state index contributed by atoms with van der Waals surface area (Å²) < 4.78 is 7.27. The second kappa shape index (κ2) is 17.8. The Morgan fingerprint density at radius 3 is 1.94 bits per heavy atom. The summed E-state index contributed by atoms with van der Waals surface area (Å²) in [5, 5.41) is 10.7. The Balaban J connectivity index is 0. The van der Waals surface area contributed by atoms with E-state index in [1.807, 2.05) is 80.5 Å². The molecule has 1 N–H and O–H groups in total. The van der Waals surface area contributed by atoms with Crippen molar-refractivity contribution in [1.29, 1.82) is 0 Å². The molecule has 1 fully saturated rings. The maximum atomic E-state index is 12.2. The predicted molar refractivity (Wildman–Crippen MR) is 136 cm³/mol. The van der Waals surface area contributed by atoms with Crippen LogP contribution >= 0.6 is 0 Å². The highest BCUT2D eigenvalue weighted by molar-refractivity contribution is 6.05. The first-order valence-electron chi connectivity index (χ1n) is 12.4. The van der Waals surface area contributed by atoms with Crippen LogP contribution in [0.1, 0.15) is 110 Å². The third kappa shape index (κ3) is 7.99. The number of rotatable bonds is 3. The van der Waals surface area contributed by atoms with Gasteiger partial charge in [0.15, 0.2) is 0 Å². The third-order valence-electron chi connectivity index (χ3n) is 5.38. The van der Waals surface area contributed by atoms with Gasteiger partial charge in [0.25, 0.3) is 0 Å². The second-order valence-electron chi connectivity index (χ2n) is 6.65. The average Bonchev–Trinajstić information content (AvgIpc) is 3.15. The minimum absolute atomic E-state index is 0.147. The fraction of sp³-hybridized carbons (Fsp3) is 0.667. The first-order valence-corrected chi connectivity index (χ1v) is 12.4. The van der Waals surface area contributed by atoms with E-state index in [0.29, 0.717) is 17.5 Å². The normalized spacial score (nSPS) is 17.8. The number of aliphatic hydroxyl groups is 1. The molecule has 1 aliphatic carbocycles. The van der Waals surface area contributed by atoms with Gasteiger partial charge in [-0.25, -0.2) is 4.79 Å². The highest BCUT2D eigenvalue weighted by Gasteiger charge is 2.29. The van der Waals surface area contributed by atoms with Gasteiger partial charge in [0.05, 0.1) is 18.8 Å². The van der Waals surface area contributed by atoms with Gasteiger partial charge in [-0.3, -0.25) is 0 Å². The fourth-order valence-corrected chi connectivity index (χ4v) is 4.07. The molecule has 3 rings (SSSR count). The fourth-order valence-electron chi connectivity index (χ4n) is 4.07. The molecule has 1 atom stereocenters. The van der Waals surface area contributed by atoms with Gasteiger partial charge in [-0.1, -0.05) is 73.6 Å². The quantitative estimate of drug-likeness (QED) is 0.498. The van der Waals surface area contributed by atoms with E-state index in [4.69, 9.17) is 4.74 Å². The van der Waals surface area contributed by atoms with Crippen LogP contribution in [0.15, 0.2) is 24.3 Å². The molecule has 1 aliphatic rings. The number of aromatic nitrogens is 1. The first-order chi connectivity index (χ1) is 15.0. The van der Waals surface area contributed by atoms with Gasteiger partial charge in [-0.05, 0) is 51.5 Å². The molecule has 31 heavy (non-hydrogen) atoms. The Morgan fingerprint density at radius 1 is 0.968 bits per heavy atom. The molecule has 0 spiro atoms. The van der Waals surface area contributed by atoms with Crippen LogP contribution in [0.25, 0.3) is 10.9 Å². The van der Waals surface area contributed by atoms with Gasteiger partial charge in [0, 0.05) is 22.6 Å². The zero-order valence-electron chi connectivity index (χ0n) is 22.1. The summed E-state index contributed by atoms with van der Waals surface area (Å²) in [6, 6.07) is 8.33. The van der Waals surface area contributed by atoms with Gasteiger partial charge in [0.1, 0.15) is 0 Å². The van der Waals surface area contributed by atoms with E-state index in [-0.39, 0.29) is 12.1 Å². The number of esters is 1. The maximum absolute atomic E-state index is 12.2. The van der Waals surface area contributed by atoms with Crippen LogP contribution in [0.5, 0.6) is 0 Å². The number of methoxy groups -OCH3 is 1. The van der Waals surface area contributed by atoms with Crippen molar-refractivity contribution in [2.75, 3.05) is 7.11 Å². The molecular formula is C27H49NO3. The number of ether oxygens (including phenoxy) is 1. The largest absolute Gasteiger partial charge is 0.465 e. The smallest absolute Gasteiger partial charge is 0.340 e. The van der Waals surface area contributed by atoms with Crippen LogP contribution < -0.4 is 0 Å². The maximum Gasteiger partial charge on any atom is 0.340 e. The predicted octanol–water partition coefficient (Wildman–Crippen LogP) is 7.95. The van der Waals surface area contributed by atoms with Crippen molar-refractivity contribution < 1.29 is 14.6 Å². The van der Waals surface area contributed by atoms with E-state index < -0.39 is 0 Å². The van der Waals surface area contributed by atoms with Crippen LogP contribution in [0, 0.1) is 12.8 Å². The molecule has 1 heterocycles. The van der Waals surface area contributed by atoms with E-state index in [1.165, 1.54) is 7.11 Å². The van der Waals surface area contributed by atoms with Crippen molar-refractivity contribution >= 4 is 16.9 Å². The number of para-hydroxylation sites is 1. The van der Waals surface area contributed by atoms with Crippen LogP contribution in [0.2, 0.25) is 0 Å². The van der Waals surface area contributed by atoms with Crippen molar-refractivity contribution in [3.8, 4) is 0 Å². The topological polar surface area (TPSA) is 51.5 Å². The SMILES string of the molecule is CC.CC.CC.CC.COC(=O)c1c(C)n([C@H](C)C2CCC(O)CC2)c2ccccc12. The zero-order valence-corrected chi connectivity index (χ0v) is 22.1. The molecule has 1 aromatic carbocycles. The minimum atomic E-state index is -0.274. The first kappa shape index (κ1) is 31.4. The Hall–Kier alpha value is -1.81. The Bertz CT molecular complexity index is 713. The molecule has 180 valence electrons. The second-order valence-corrected chi connectivity index (χ2v) is 6.65. The number of hydrogen-bond donors (Lipinski definition) is 1. The zero-order chi connectivity index (χ0) is 24.6. The molecule has 4 heteroatoms. The van der Waals surface area contributed by atoms with Gasteiger partial charge >= 0.3 is 5.97 Å². The van der Waals surface area contributed by atoms with Crippen LogP contribution in [0.3, 0.4) is 0 Å². The summed E-state index contributed by atoms with van der Waals surface area (Å²) in [5.74, 6) is 0.252. The van der Waals surface area contributed by atoms with Crippen LogP contribution in [-0.2, 0) is 4.74 Å². The lowest BCUT2D eigenvalue weighted by atomic mass is 9.83. The number of aliphatic hydroxyl groups excluding tert-OH is 1. The molecule has 1 saturated carbocycles. The van der Waals surface area contributed by atoms with Crippen molar-refractivity contribution in [2.45, 2.75) is 107 Å². The molecule has 0 radical (unpaired) electrons. The Morgan fingerprint density at radius 2 is 1.45 bits per heavy atom. The van der Waals surface area contributed by atoms with Gasteiger partial charge in [0.2, 0.25) is 0 Å². The van der Waals surface area contributed by atoms with Crippen LogP contribution in [0.4, 0.5) is 0 Å². The number of hydrogen-bond acceptors (Lipinski definition) is 3. The lowest BCUT2D eigenvalue weighted by Gasteiger charge is -2.32. The molecule has 0 aliphatic heterocycles. The molecular weight excluding hydrogens is 386 g/mol. The van der Waals surface area contributed by atoms with E-state index in [0.717, 1.165) is 42.3 Å². The van der Waals surface area contributed by atoms with E-state index >= 15 is 0 Å². The molecule has 4 nitrogen and oxygen atoms in total. The molecule has 0 bridgehead atoms. The highest BCUT2D eigenvalue weighted by atomic mass is 16.5. The monoisotopic (exact) mass is 435 g/mol. The van der Waals surface area contributed by atoms with Gasteiger partial charge in [-0.2, -0.15) is 0 Å². The van der Waals surface area contributed by atoms with Crippen LogP contribution in [-0.4, -0.2) is 28.9 Å². The summed E-state index contributed by atoms with van der Waals surface area (Å²) in [5.41, 5.74) is 2.73. The molecule has 0 saturated heterocycles. The lowest BCUT2D eigenvalue weighted by Crippen LogP contribution is -2.25. The van der Waals surface area contributed by atoms with Crippen molar-refractivity contribution in [3.63, 3.8) is 0 Å². The summed E-state index contributed by atoms with van der Waals surface area (Å²) in [6.07, 6.45) is 3.66. The Kier molecular flexibility index (Phi) is 18.0. The standard InChI is InChI=1S/C19H25NO3.4C2H6/c1-12(14-8-10-15(21)11-9-14)20-13(2)18(19(22)23-3)16-6-4-5-7-17(16)20;4*1-2/h4-7,12,14-15,21H,8-11H2,1-3H3;4*1-2H3/t12-,14?,15?;;;;/m1..../s1. The summed E-state index contributed by atoms with van der Waals surface area (Å²) >= 11 is 0. The van der Waals surface area contributed by atoms with Crippen molar-refractivity contribution in [3.05, 3.63) is 35.5 Å². The Labute approximate surface area is 192 Å². The van der Waals surface area contributed by atoms with Gasteiger partial charge in [-0.15, -0.1) is 0 Å². The van der Waals surface area contributed by atoms with E-state index in [9.17, 15) is 9.90 Å². The molecule has 2 aromatic rings. The highest BCUT2D eigenvalue weighted by Crippen LogP contribution is 2.37. The van der Waals surface area contributed by atoms with Gasteiger partial charge < -0.3 is 14.4 Å². The molecule has 0 unspecified atom stereocenters. The summed E-state index contributed by atoms with van der Waals surface area (Å²) in [7, 11) is 1.43. The average molecular weight is 436 g/mol. The summed E-state index contributed by atoms with van der Waals surface area (Å²) in [6.45, 7) is 20.2.